The lowest BCUT2D eigenvalue weighted by molar-refractivity contribution is 0.102. The predicted octanol–water partition coefficient (Wildman–Crippen LogP) is 4.65. The van der Waals surface area contributed by atoms with E-state index in [1.807, 2.05) is 56.3 Å². The Morgan fingerprint density at radius 3 is 2.54 bits per heavy atom. The number of hydrogen-bond acceptors (Lipinski definition) is 4. The van der Waals surface area contributed by atoms with E-state index in [9.17, 15) is 4.79 Å². The maximum absolute atomic E-state index is 12.7. The van der Waals surface area contributed by atoms with Crippen molar-refractivity contribution in [2.24, 2.45) is 0 Å². The summed E-state index contributed by atoms with van der Waals surface area (Å²) in [6, 6.07) is 15.5. The molecule has 0 unspecified atom stereocenters. The second-order valence-corrected chi connectivity index (χ2v) is 6.12. The fraction of sp³-hybridized carbons (Fsp3) is 0.190. The highest BCUT2D eigenvalue weighted by molar-refractivity contribution is 6.03. The molecule has 0 saturated heterocycles. The lowest BCUT2D eigenvalue weighted by Gasteiger charge is -2.13. The number of anilines is 3. The van der Waals surface area contributed by atoms with Crippen molar-refractivity contribution in [1.29, 1.82) is 0 Å². The monoisotopic (exact) mass is 346 g/mol. The van der Waals surface area contributed by atoms with Crippen molar-refractivity contribution >= 4 is 23.2 Å². The second-order valence-electron chi connectivity index (χ2n) is 6.12. The first-order valence-corrected chi connectivity index (χ1v) is 8.64. The molecule has 5 nitrogen and oxygen atoms in total. The van der Waals surface area contributed by atoms with Crippen LogP contribution in [0.1, 0.15) is 34.1 Å². The number of carbonyl (C=O) groups excluding carboxylic acids is 1. The van der Waals surface area contributed by atoms with E-state index in [1.165, 1.54) is 0 Å². The zero-order valence-electron chi connectivity index (χ0n) is 15.2. The first-order chi connectivity index (χ1) is 12.6. The van der Waals surface area contributed by atoms with Gasteiger partial charge in [-0.05, 0) is 49.1 Å². The smallest absolute Gasteiger partial charge is 0.274 e. The Kier molecular flexibility index (Phi) is 5.27. The molecule has 132 valence electrons. The van der Waals surface area contributed by atoms with Crippen molar-refractivity contribution in [3.63, 3.8) is 0 Å². The number of hydrogen-bond donors (Lipinski definition) is 2. The summed E-state index contributed by atoms with van der Waals surface area (Å²) in [6.45, 7) is 6.06. The Bertz CT molecular complexity index is 937. The van der Waals surface area contributed by atoms with Crippen LogP contribution in [0.4, 0.5) is 17.3 Å². The Morgan fingerprint density at radius 1 is 1.00 bits per heavy atom. The van der Waals surface area contributed by atoms with Gasteiger partial charge in [0, 0.05) is 17.6 Å². The average Bonchev–Trinajstić information content (AvgIpc) is 2.65. The number of para-hydroxylation sites is 2. The molecule has 1 aromatic heterocycles. The number of carbonyl (C=O) groups is 1. The van der Waals surface area contributed by atoms with E-state index in [1.54, 1.807) is 12.3 Å². The van der Waals surface area contributed by atoms with Crippen LogP contribution in [0.3, 0.4) is 0 Å². The van der Waals surface area contributed by atoms with E-state index in [0.717, 1.165) is 34.5 Å². The van der Waals surface area contributed by atoms with Gasteiger partial charge in [-0.25, -0.2) is 9.97 Å². The van der Waals surface area contributed by atoms with Crippen molar-refractivity contribution in [3.8, 4) is 0 Å². The number of nitrogens with zero attached hydrogens (tertiary/aromatic N) is 2. The van der Waals surface area contributed by atoms with Gasteiger partial charge in [0.05, 0.1) is 0 Å². The summed E-state index contributed by atoms with van der Waals surface area (Å²) in [4.78, 5) is 21.2. The van der Waals surface area contributed by atoms with Gasteiger partial charge in [0.25, 0.3) is 5.91 Å². The lowest BCUT2D eigenvalue weighted by Crippen LogP contribution is -2.16. The van der Waals surface area contributed by atoms with Crippen LogP contribution in [-0.2, 0) is 6.42 Å². The molecule has 0 spiro atoms. The van der Waals surface area contributed by atoms with Crippen LogP contribution in [0.5, 0.6) is 0 Å². The summed E-state index contributed by atoms with van der Waals surface area (Å²) < 4.78 is 0. The van der Waals surface area contributed by atoms with Crippen molar-refractivity contribution in [3.05, 3.63) is 77.1 Å². The highest BCUT2D eigenvalue weighted by atomic mass is 16.1. The highest BCUT2D eigenvalue weighted by Crippen LogP contribution is 2.22. The maximum Gasteiger partial charge on any atom is 0.274 e. The summed E-state index contributed by atoms with van der Waals surface area (Å²) >= 11 is 0. The van der Waals surface area contributed by atoms with Crippen molar-refractivity contribution < 1.29 is 4.79 Å². The molecular weight excluding hydrogens is 324 g/mol. The van der Waals surface area contributed by atoms with Gasteiger partial charge in [0.2, 0.25) is 5.95 Å². The van der Waals surface area contributed by atoms with Crippen LogP contribution < -0.4 is 10.6 Å². The van der Waals surface area contributed by atoms with Crippen LogP contribution in [0.25, 0.3) is 0 Å². The third kappa shape index (κ3) is 3.88. The molecule has 3 aromatic rings. The van der Waals surface area contributed by atoms with E-state index in [0.29, 0.717) is 11.6 Å². The fourth-order valence-electron chi connectivity index (χ4n) is 2.76. The number of aromatic nitrogens is 2. The molecule has 0 aliphatic heterocycles. The third-order valence-corrected chi connectivity index (χ3v) is 4.26. The molecule has 0 atom stereocenters. The number of benzene rings is 2. The van der Waals surface area contributed by atoms with Crippen LogP contribution in [0, 0.1) is 13.8 Å². The molecule has 1 heterocycles. The summed E-state index contributed by atoms with van der Waals surface area (Å²) in [5, 5.41) is 6.15. The van der Waals surface area contributed by atoms with Crippen molar-refractivity contribution in [1.82, 2.24) is 9.97 Å². The predicted molar refractivity (Wildman–Crippen MR) is 105 cm³/mol. The topological polar surface area (TPSA) is 66.9 Å². The third-order valence-electron chi connectivity index (χ3n) is 4.26. The first-order valence-electron chi connectivity index (χ1n) is 8.64. The van der Waals surface area contributed by atoms with Gasteiger partial charge in [-0.2, -0.15) is 0 Å². The zero-order chi connectivity index (χ0) is 18.5. The van der Waals surface area contributed by atoms with Crippen LogP contribution in [-0.4, -0.2) is 15.9 Å². The minimum Gasteiger partial charge on any atom is -0.324 e. The van der Waals surface area contributed by atoms with Gasteiger partial charge in [0.15, 0.2) is 0 Å². The Morgan fingerprint density at radius 2 is 1.77 bits per heavy atom. The molecule has 0 saturated carbocycles. The van der Waals surface area contributed by atoms with Crippen LogP contribution >= 0.6 is 0 Å². The number of nitrogens with one attached hydrogen (secondary N) is 2. The van der Waals surface area contributed by atoms with Crippen LogP contribution in [0.2, 0.25) is 0 Å². The summed E-state index contributed by atoms with van der Waals surface area (Å²) in [5.74, 6) is 0.150. The molecule has 0 radical (unpaired) electrons. The van der Waals surface area contributed by atoms with Crippen molar-refractivity contribution in [2.75, 3.05) is 10.6 Å². The first kappa shape index (κ1) is 17.6. The van der Waals surface area contributed by atoms with Crippen LogP contribution in [0.15, 0.2) is 54.7 Å². The van der Waals surface area contributed by atoms with E-state index >= 15 is 0 Å². The van der Waals surface area contributed by atoms with Gasteiger partial charge >= 0.3 is 0 Å². The quantitative estimate of drug-likeness (QED) is 0.705. The highest BCUT2D eigenvalue weighted by Gasteiger charge is 2.13. The second kappa shape index (κ2) is 7.78. The van der Waals surface area contributed by atoms with E-state index in [-0.39, 0.29) is 5.91 Å². The SMILES string of the molecule is CCc1cccc(C)c1NC(=O)c1ccnc(Nc2ccccc2C)n1. The van der Waals surface area contributed by atoms with Gasteiger partial charge < -0.3 is 10.6 Å². The van der Waals surface area contributed by atoms with E-state index < -0.39 is 0 Å². The molecule has 3 rings (SSSR count). The molecule has 0 aliphatic carbocycles. The molecule has 0 bridgehead atoms. The molecule has 2 N–H and O–H groups in total. The minimum absolute atomic E-state index is 0.246. The largest absolute Gasteiger partial charge is 0.324 e. The lowest BCUT2D eigenvalue weighted by atomic mass is 10.1. The molecule has 26 heavy (non-hydrogen) atoms. The van der Waals surface area contributed by atoms with E-state index in [4.69, 9.17) is 0 Å². The fourth-order valence-corrected chi connectivity index (χ4v) is 2.76. The molecular formula is C21H22N4O. The number of aryl methyl sites for hydroxylation is 3. The minimum atomic E-state index is -0.246. The number of rotatable bonds is 5. The number of amides is 1. The molecule has 1 amide bonds. The summed E-state index contributed by atoms with van der Waals surface area (Å²) in [6.07, 6.45) is 2.43. The summed E-state index contributed by atoms with van der Waals surface area (Å²) in [5.41, 5.74) is 5.31. The molecule has 5 heteroatoms. The van der Waals surface area contributed by atoms with Gasteiger partial charge in [-0.1, -0.05) is 43.3 Å². The molecule has 0 aliphatic rings. The average molecular weight is 346 g/mol. The maximum atomic E-state index is 12.7. The Labute approximate surface area is 153 Å². The zero-order valence-corrected chi connectivity index (χ0v) is 15.2. The summed E-state index contributed by atoms with van der Waals surface area (Å²) in [7, 11) is 0. The van der Waals surface area contributed by atoms with Gasteiger partial charge in [-0.3, -0.25) is 4.79 Å². The molecule has 2 aromatic carbocycles. The Hall–Kier alpha value is -3.21. The molecule has 0 fully saturated rings. The van der Waals surface area contributed by atoms with Crippen molar-refractivity contribution in [2.45, 2.75) is 27.2 Å². The normalized spacial score (nSPS) is 10.4. The standard InChI is InChI=1S/C21H22N4O/c1-4-16-10-7-9-15(3)19(16)25-20(26)18-12-13-22-21(24-18)23-17-11-6-5-8-14(17)2/h5-13H,4H2,1-3H3,(H,25,26)(H,22,23,24). The van der Waals surface area contributed by atoms with E-state index in [2.05, 4.69) is 27.5 Å². The Balaban J connectivity index is 1.82. The van der Waals surface area contributed by atoms with Gasteiger partial charge in [-0.15, -0.1) is 0 Å². The van der Waals surface area contributed by atoms with Gasteiger partial charge in [0.1, 0.15) is 5.69 Å².